The maximum Gasteiger partial charge on any atom is 0.417 e. The minimum atomic E-state index is -4.36. The molecule has 2 aromatic rings. The fraction of sp³-hybridized carbons (Fsp3) is 0.450. The van der Waals surface area contributed by atoms with E-state index in [-0.39, 0.29) is 0 Å². The van der Waals surface area contributed by atoms with Gasteiger partial charge in [-0.05, 0) is 36.1 Å². The normalized spacial score (nSPS) is 21.7. The number of ether oxygens (including phenoxy) is 1. The molecule has 0 amide bonds. The number of halogens is 3. The summed E-state index contributed by atoms with van der Waals surface area (Å²) in [6, 6.07) is 10.3. The van der Waals surface area contributed by atoms with Crippen LogP contribution in [0.5, 0.6) is 5.75 Å². The second kappa shape index (κ2) is 8.52. The van der Waals surface area contributed by atoms with Gasteiger partial charge in [-0.15, -0.1) is 0 Å². The van der Waals surface area contributed by atoms with Crippen molar-refractivity contribution < 1.29 is 22.2 Å². The van der Waals surface area contributed by atoms with E-state index >= 15 is 0 Å². The van der Waals surface area contributed by atoms with Crippen LogP contribution >= 0.6 is 12.2 Å². The van der Waals surface area contributed by atoms with E-state index in [1.807, 2.05) is 40.7 Å². The van der Waals surface area contributed by atoms with Crippen molar-refractivity contribution in [1.82, 2.24) is 10.0 Å². The fourth-order valence-electron chi connectivity index (χ4n) is 3.97. The highest BCUT2D eigenvalue weighted by Crippen LogP contribution is 2.37. The van der Waals surface area contributed by atoms with Crippen molar-refractivity contribution in [3.63, 3.8) is 0 Å². The molecule has 0 radical (unpaired) electrons. The Morgan fingerprint density at radius 2 is 1.77 bits per heavy atom. The predicted molar refractivity (Wildman–Crippen MR) is 110 cm³/mol. The Kier molecular flexibility index (Phi) is 5.99. The molecule has 2 aliphatic rings. The van der Waals surface area contributed by atoms with Crippen molar-refractivity contribution in [3.8, 4) is 5.75 Å². The van der Waals surface area contributed by atoms with Gasteiger partial charge in [0, 0.05) is 39.4 Å². The lowest BCUT2D eigenvalue weighted by atomic mass is 10.0. The van der Waals surface area contributed by atoms with Gasteiger partial charge in [-0.1, -0.05) is 12.1 Å². The monoisotopic (exact) mass is 440 g/mol. The third-order valence-electron chi connectivity index (χ3n) is 5.53. The number of benzene rings is 1. The second-order valence-electron chi connectivity index (χ2n) is 7.49. The minimum Gasteiger partial charge on any atom is -0.495 e. The predicted octanol–water partition coefficient (Wildman–Crippen LogP) is 4.11. The second-order valence-corrected chi connectivity index (χ2v) is 8.34. The molecule has 1 aromatic carbocycles. The van der Waals surface area contributed by atoms with Crippen LogP contribution in [0.4, 0.5) is 24.7 Å². The number of hydrogen-bond acceptors (Lipinski definition) is 7. The summed E-state index contributed by atoms with van der Waals surface area (Å²) in [5, 5.41) is 1.95. The van der Waals surface area contributed by atoms with E-state index in [0.717, 1.165) is 49.9 Å². The van der Waals surface area contributed by atoms with E-state index < -0.39 is 11.7 Å². The Labute approximate surface area is 177 Å². The summed E-state index contributed by atoms with van der Waals surface area (Å²) in [4.78, 5) is 6.08. The van der Waals surface area contributed by atoms with Crippen molar-refractivity contribution in [3.05, 3.63) is 48.2 Å². The Hall–Kier alpha value is -2.17. The van der Waals surface area contributed by atoms with Crippen molar-refractivity contribution in [2.45, 2.75) is 6.18 Å². The van der Waals surface area contributed by atoms with Crippen LogP contribution in [0.25, 0.3) is 0 Å². The van der Waals surface area contributed by atoms with Gasteiger partial charge in [-0.3, -0.25) is 4.31 Å². The van der Waals surface area contributed by atoms with Gasteiger partial charge in [0.25, 0.3) is 0 Å². The van der Waals surface area contributed by atoms with Crippen molar-refractivity contribution in [2.24, 2.45) is 11.8 Å². The average molecular weight is 440 g/mol. The number of fused-ring (bicyclic) bond motifs is 1. The quantitative estimate of drug-likeness (QED) is 0.495. The molecule has 2 fully saturated rings. The number of anilines is 2. The molecule has 2 atom stereocenters. The lowest BCUT2D eigenvalue weighted by molar-refractivity contribution is -0.137. The third kappa shape index (κ3) is 4.45. The first-order valence-electron chi connectivity index (χ1n) is 9.60. The van der Waals surface area contributed by atoms with Gasteiger partial charge < -0.3 is 9.64 Å². The lowest BCUT2D eigenvalue weighted by Crippen LogP contribution is -2.29. The highest BCUT2D eigenvalue weighted by Gasteiger charge is 2.41. The van der Waals surface area contributed by atoms with Crippen molar-refractivity contribution >= 4 is 23.7 Å². The van der Waals surface area contributed by atoms with Crippen LogP contribution in [0.3, 0.4) is 0 Å². The molecular formula is C20H23F3N4O2S. The average Bonchev–Trinajstić information content (AvgIpc) is 3.30. The summed E-state index contributed by atoms with van der Waals surface area (Å²) in [5.74, 6) is 2.15. The molecule has 2 saturated heterocycles. The molecule has 3 heterocycles. The van der Waals surface area contributed by atoms with Crippen molar-refractivity contribution in [1.29, 1.82) is 0 Å². The van der Waals surface area contributed by atoms with E-state index in [9.17, 15) is 13.2 Å². The van der Waals surface area contributed by atoms with Crippen molar-refractivity contribution in [2.75, 3.05) is 49.5 Å². The van der Waals surface area contributed by atoms with Crippen LogP contribution in [0.1, 0.15) is 5.56 Å². The molecular weight excluding hydrogens is 417 g/mol. The molecule has 162 valence electrons. The van der Waals surface area contributed by atoms with Crippen LogP contribution in [0, 0.1) is 11.8 Å². The number of alkyl halides is 3. The summed E-state index contributed by atoms with van der Waals surface area (Å²) >= 11 is 1.24. The molecule has 0 bridgehead atoms. The van der Waals surface area contributed by atoms with Gasteiger partial charge in [-0.25, -0.2) is 9.27 Å². The van der Waals surface area contributed by atoms with Gasteiger partial charge in [0.05, 0.1) is 18.4 Å². The Morgan fingerprint density at radius 3 is 2.37 bits per heavy atom. The Morgan fingerprint density at radius 1 is 1.07 bits per heavy atom. The fourth-order valence-corrected chi connectivity index (χ4v) is 4.51. The number of hydroxylamine groups is 2. The van der Waals surface area contributed by atoms with Crippen LogP contribution < -0.4 is 13.9 Å². The number of hydrogen-bond donors (Lipinski definition) is 0. The highest BCUT2D eigenvalue weighted by molar-refractivity contribution is 7.96. The van der Waals surface area contributed by atoms with Crippen LogP contribution in [-0.4, -0.2) is 50.4 Å². The maximum absolute atomic E-state index is 12.7. The van der Waals surface area contributed by atoms with E-state index in [1.54, 1.807) is 7.11 Å². The zero-order chi connectivity index (χ0) is 21.3. The van der Waals surface area contributed by atoms with Gasteiger partial charge in [0.2, 0.25) is 0 Å². The van der Waals surface area contributed by atoms with Crippen LogP contribution in [0.15, 0.2) is 42.6 Å². The van der Waals surface area contributed by atoms with Gasteiger partial charge in [-0.2, -0.15) is 18.2 Å². The molecule has 6 nitrogen and oxygen atoms in total. The summed E-state index contributed by atoms with van der Waals surface area (Å²) in [6.45, 7) is 3.06. The molecule has 2 unspecified atom stereocenters. The first-order chi connectivity index (χ1) is 14.3. The number of nitrogens with zero attached hydrogens (tertiary/aromatic N) is 4. The van der Waals surface area contributed by atoms with E-state index in [2.05, 4.69) is 9.88 Å². The van der Waals surface area contributed by atoms with Crippen LogP contribution in [0.2, 0.25) is 0 Å². The van der Waals surface area contributed by atoms with Gasteiger partial charge in [0.15, 0.2) is 0 Å². The topological polar surface area (TPSA) is 41.1 Å². The molecule has 10 heteroatoms. The molecule has 0 saturated carbocycles. The molecule has 4 rings (SSSR count). The number of para-hydroxylation sites is 2. The molecule has 0 N–H and O–H groups in total. The highest BCUT2D eigenvalue weighted by atomic mass is 32.2. The molecule has 2 aliphatic heterocycles. The SMILES string of the molecule is COc1ccccc1N(C)SON1CC2CN(c3ccc(C(F)(F)F)cn3)CC2C1. The first kappa shape index (κ1) is 21.1. The molecule has 1 aromatic heterocycles. The molecule has 0 aliphatic carbocycles. The van der Waals surface area contributed by atoms with E-state index in [0.29, 0.717) is 17.7 Å². The third-order valence-corrected chi connectivity index (χ3v) is 6.22. The minimum absolute atomic E-state index is 0.395. The first-order valence-corrected chi connectivity index (χ1v) is 10.3. The maximum atomic E-state index is 12.7. The lowest BCUT2D eigenvalue weighted by Gasteiger charge is -2.24. The largest absolute Gasteiger partial charge is 0.495 e. The number of methoxy groups -OCH3 is 1. The van der Waals surface area contributed by atoms with Gasteiger partial charge >= 0.3 is 6.18 Å². The standard InChI is InChI=1S/C20H23F3N4O2S/c1-25(17-5-3-4-6-18(17)28-2)30-29-27-12-14-10-26(11-15(14)13-27)19-8-7-16(9-24-19)20(21,22)23/h3-9,14-15H,10-13H2,1-2H3. The number of aromatic nitrogens is 1. The van der Waals surface area contributed by atoms with Crippen LogP contribution in [-0.2, 0) is 10.5 Å². The Balaban J connectivity index is 1.28. The summed E-state index contributed by atoms with van der Waals surface area (Å²) in [7, 11) is 3.55. The number of pyridine rings is 1. The molecule has 0 spiro atoms. The zero-order valence-electron chi connectivity index (χ0n) is 16.7. The summed E-state index contributed by atoms with van der Waals surface area (Å²) < 4.78 is 51.4. The Bertz CT molecular complexity index is 854. The van der Waals surface area contributed by atoms with Gasteiger partial charge in [0.1, 0.15) is 23.8 Å². The smallest absolute Gasteiger partial charge is 0.417 e. The van der Waals surface area contributed by atoms with E-state index in [4.69, 9.17) is 9.02 Å². The molecule has 30 heavy (non-hydrogen) atoms. The summed E-state index contributed by atoms with van der Waals surface area (Å²) in [6.07, 6.45) is -3.46. The zero-order valence-corrected chi connectivity index (χ0v) is 17.5. The summed E-state index contributed by atoms with van der Waals surface area (Å²) in [5.41, 5.74) is 0.199. The number of rotatable bonds is 6. The van der Waals surface area contributed by atoms with E-state index in [1.165, 1.54) is 18.3 Å².